The van der Waals surface area contributed by atoms with Gasteiger partial charge in [-0.15, -0.1) is 10.2 Å². The van der Waals surface area contributed by atoms with E-state index in [0.29, 0.717) is 18.6 Å². The second-order valence-electron chi connectivity index (χ2n) is 9.80. The predicted octanol–water partition coefficient (Wildman–Crippen LogP) is 7.60. The Morgan fingerprint density at radius 1 is 1.14 bits per heavy atom. The lowest BCUT2D eigenvalue weighted by Gasteiger charge is -2.25. The molecule has 0 unspecified atom stereocenters. The van der Waals surface area contributed by atoms with Gasteiger partial charge in [0.05, 0.1) is 5.75 Å². The van der Waals surface area contributed by atoms with Gasteiger partial charge in [0, 0.05) is 16.2 Å². The molecule has 1 N–H and O–H groups in total. The van der Waals surface area contributed by atoms with E-state index in [1.807, 2.05) is 31.2 Å². The van der Waals surface area contributed by atoms with Crippen LogP contribution in [0.3, 0.4) is 0 Å². The molecule has 1 fully saturated rings. The van der Waals surface area contributed by atoms with Crippen molar-refractivity contribution in [1.82, 2.24) is 14.8 Å². The smallest absolute Gasteiger partial charge is 0.234 e. The third-order valence-corrected chi connectivity index (χ3v) is 8.49. The van der Waals surface area contributed by atoms with Gasteiger partial charge in [0.2, 0.25) is 5.91 Å². The van der Waals surface area contributed by atoms with Crippen LogP contribution >= 0.6 is 27.7 Å². The van der Waals surface area contributed by atoms with Crippen LogP contribution in [0.15, 0.2) is 46.0 Å². The number of nitrogens with zero attached hydrogens (tertiary/aromatic N) is 3. The summed E-state index contributed by atoms with van der Waals surface area (Å²) in [4.78, 5) is 12.7. The van der Waals surface area contributed by atoms with Crippen molar-refractivity contribution in [2.24, 2.45) is 0 Å². The Morgan fingerprint density at radius 2 is 1.89 bits per heavy atom. The first-order chi connectivity index (χ1) is 17.3. The van der Waals surface area contributed by atoms with Crippen molar-refractivity contribution in [3.05, 3.63) is 63.4 Å². The van der Waals surface area contributed by atoms with E-state index in [1.165, 1.54) is 36.6 Å². The maximum Gasteiger partial charge on any atom is 0.234 e. The highest BCUT2D eigenvalue weighted by Gasteiger charge is 2.24. The summed E-state index contributed by atoms with van der Waals surface area (Å²) in [5.41, 5.74) is 4.19. The van der Waals surface area contributed by atoms with Crippen molar-refractivity contribution >= 4 is 39.3 Å². The topological polar surface area (TPSA) is 69.0 Å². The van der Waals surface area contributed by atoms with Crippen LogP contribution in [0.4, 0.5) is 5.69 Å². The Morgan fingerprint density at radius 3 is 2.61 bits per heavy atom. The zero-order valence-electron chi connectivity index (χ0n) is 21.5. The maximum absolute atomic E-state index is 12.7. The van der Waals surface area contributed by atoms with E-state index in [4.69, 9.17) is 4.74 Å². The van der Waals surface area contributed by atoms with Crippen LogP contribution in [-0.2, 0) is 11.4 Å². The standard InChI is InChI=1S/C28H35BrN4O2S/c1-18(2)22-15-23(29)20(4)14-25(22)35-16-26-31-32-28(33(26)21-11-6-5-7-12-21)36-17-27(34)30-24-13-9-8-10-19(24)3/h8-10,13-15,18,21H,5-7,11-12,16-17H2,1-4H3,(H,30,34). The molecule has 0 saturated heterocycles. The molecule has 192 valence electrons. The number of hydrogen-bond donors (Lipinski definition) is 1. The van der Waals surface area contributed by atoms with Gasteiger partial charge in [-0.2, -0.15) is 0 Å². The first kappa shape index (κ1) is 26.7. The lowest BCUT2D eigenvalue weighted by molar-refractivity contribution is -0.113. The maximum atomic E-state index is 12.7. The summed E-state index contributed by atoms with van der Waals surface area (Å²) in [6.07, 6.45) is 5.86. The fraction of sp³-hybridized carbons (Fsp3) is 0.464. The minimum absolute atomic E-state index is 0.0443. The number of carbonyl (C=O) groups excluding carboxylic acids is 1. The van der Waals surface area contributed by atoms with Crippen molar-refractivity contribution in [3.63, 3.8) is 0 Å². The number of halogens is 1. The van der Waals surface area contributed by atoms with Gasteiger partial charge in [-0.3, -0.25) is 9.36 Å². The number of amides is 1. The summed E-state index contributed by atoms with van der Waals surface area (Å²) in [5, 5.41) is 12.8. The fourth-order valence-corrected chi connectivity index (χ4v) is 5.81. The zero-order chi connectivity index (χ0) is 25.7. The summed E-state index contributed by atoms with van der Waals surface area (Å²) in [6, 6.07) is 12.4. The van der Waals surface area contributed by atoms with E-state index >= 15 is 0 Å². The third-order valence-electron chi connectivity index (χ3n) is 6.70. The molecular weight excluding hydrogens is 536 g/mol. The number of ether oxygens (including phenoxy) is 1. The van der Waals surface area contributed by atoms with Crippen LogP contribution in [0.1, 0.15) is 80.4 Å². The summed E-state index contributed by atoms with van der Waals surface area (Å²) in [5.74, 6) is 2.28. The predicted molar refractivity (Wildman–Crippen MR) is 150 cm³/mol. The molecule has 8 heteroatoms. The van der Waals surface area contributed by atoms with Crippen LogP contribution < -0.4 is 10.1 Å². The van der Waals surface area contributed by atoms with Crippen LogP contribution in [0.2, 0.25) is 0 Å². The van der Waals surface area contributed by atoms with Crippen LogP contribution in [0.25, 0.3) is 0 Å². The minimum Gasteiger partial charge on any atom is -0.485 e. The molecule has 1 saturated carbocycles. The largest absolute Gasteiger partial charge is 0.485 e. The molecule has 0 aliphatic heterocycles. The highest BCUT2D eigenvalue weighted by Crippen LogP contribution is 2.35. The van der Waals surface area contributed by atoms with E-state index in [0.717, 1.165) is 50.9 Å². The van der Waals surface area contributed by atoms with Crippen LogP contribution in [0, 0.1) is 13.8 Å². The molecule has 4 rings (SSSR count). The number of nitrogens with one attached hydrogen (secondary N) is 1. The van der Waals surface area contributed by atoms with E-state index in [2.05, 4.69) is 68.9 Å². The number of aryl methyl sites for hydroxylation is 2. The first-order valence-corrected chi connectivity index (χ1v) is 14.5. The number of hydrogen-bond acceptors (Lipinski definition) is 5. The average molecular weight is 572 g/mol. The second-order valence-corrected chi connectivity index (χ2v) is 11.6. The molecule has 6 nitrogen and oxygen atoms in total. The Bertz CT molecular complexity index is 1200. The summed E-state index contributed by atoms with van der Waals surface area (Å²) in [6.45, 7) is 8.76. The number of para-hydroxylation sites is 1. The minimum atomic E-state index is -0.0443. The van der Waals surface area contributed by atoms with E-state index in [-0.39, 0.29) is 11.7 Å². The average Bonchev–Trinajstić information content (AvgIpc) is 3.27. The zero-order valence-corrected chi connectivity index (χ0v) is 23.9. The van der Waals surface area contributed by atoms with Crippen molar-refractivity contribution < 1.29 is 9.53 Å². The summed E-state index contributed by atoms with van der Waals surface area (Å²) < 4.78 is 9.67. The Kier molecular flexibility index (Phi) is 9.12. The van der Waals surface area contributed by atoms with E-state index in [9.17, 15) is 4.79 Å². The molecule has 0 bridgehead atoms. The van der Waals surface area contributed by atoms with Crippen molar-refractivity contribution in [3.8, 4) is 5.75 Å². The lowest BCUT2D eigenvalue weighted by Crippen LogP contribution is -2.19. The van der Waals surface area contributed by atoms with Crippen LogP contribution in [0.5, 0.6) is 5.75 Å². The first-order valence-electron chi connectivity index (χ1n) is 12.7. The molecule has 2 aromatic carbocycles. The molecule has 1 heterocycles. The number of aromatic nitrogens is 3. The van der Waals surface area contributed by atoms with Gasteiger partial charge in [0.25, 0.3) is 0 Å². The summed E-state index contributed by atoms with van der Waals surface area (Å²) >= 11 is 5.09. The van der Waals surface area contributed by atoms with Gasteiger partial charge in [-0.25, -0.2) is 0 Å². The number of carbonyl (C=O) groups is 1. The molecule has 0 radical (unpaired) electrons. The van der Waals surface area contributed by atoms with Crippen molar-refractivity contribution in [1.29, 1.82) is 0 Å². The number of thioether (sulfide) groups is 1. The summed E-state index contributed by atoms with van der Waals surface area (Å²) in [7, 11) is 0. The van der Waals surface area contributed by atoms with Gasteiger partial charge < -0.3 is 10.1 Å². The molecule has 3 aromatic rings. The number of rotatable bonds is 9. The molecule has 1 aromatic heterocycles. The molecule has 1 aliphatic rings. The highest BCUT2D eigenvalue weighted by molar-refractivity contribution is 9.10. The van der Waals surface area contributed by atoms with Gasteiger partial charge in [0.1, 0.15) is 12.4 Å². The molecule has 1 aliphatic carbocycles. The van der Waals surface area contributed by atoms with Crippen LogP contribution in [-0.4, -0.2) is 26.4 Å². The number of anilines is 1. The monoisotopic (exact) mass is 570 g/mol. The highest BCUT2D eigenvalue weighted by atomic mass is 79.9. The molecule has 1 amide bonds. The van der Waals surface area contributed by atoms with Crippen molar-refractivity contribution in [2.45, 2.75) is 83.5 Å². The lowest BCUT2D eigenvalue weighted by atomic mass is 9.95. The second kappa shape index (κ2) is 12.3. The SMILES string of the molecule is Cc1cc(OCc2nnc(SCC(=O)Nc3ccccc3C)n2C2CCCCC2)c(C(C)C)cc1Br. The quantitative estimate of drug-likeness (QED) is 0.268. The molecular formula is C28H35BrN4O2S. The Hall–Kier alpha value is -2.32. The van der Waals surface area contributed by atoms with Gasteiger partial charge in [0.15, 0.2) is 11.0 Å². The molecule has 0 atom stereocenters. The van der Waals surface area contributed by atoms with Gasteiger partial charge in [-0.1, -0.05) is 79.0 Å². The normalized spacial score (nSPS) is 14.3. The molecule has 36 heavy (non-hydrogen) atoms. The van der Waals surface area contributed by atoms with Gasteiger partial charge >= 0.3 is 0 Å². The van der Waals surface area contributed by atoms with E-state index < -0.39 is 0 Å². The van der Waals surface area contributed by atoms with E-state index in [1.54, 1.807) is 0 Å². The fourth-order valence-electron chi connectivity index (χ4n) is 4.63. The van der Waals surface area contributed by atoms with Gasteiger partial charge in [-0.05, 0) is 67.5 Å². The number of benzene rings is 2. The molecule has 0 spiro atoms. The third kappa shape index (κ3) is 6.51. The Labute approximate surface area is 226 Å². The van der Waals surface area contributed by atoms with Crippen molar-refractivity contribution in [2.75, 3.05) is 11.1 Å². The Balaban J connectivity index is 1.51.